The van der Waals surface area contributed by atoms with Crippen LogP contribution in [0.15, 0.2) is 76.1 Å². The van der Waals surface area contributed by atoms with Gasteiger partial charge in [0.15, 0.2) is 0 Å². The van der Waals surface area contributed by atoms with Crippen LogP contribution >= 0.6 is 27.5 Å². The molecule has 1 N–H and O–H groups in total. The van der Waals surface area contributed by atoms with E-state index in [-0.39, 0.29) is 39.8 Å². The summed E-state index contributed by atoms with van der Waals surface area (Å²) in [6, 6.07) is 17.6. The summed E-state index contributed by atoms with van der Waals surface area (Å²) in [4.78, 5) is 29.0. The van der Waals surface area contributed by atoms with Gasteiger partial charge >= 0.3 is 0 Å². The maximum absolute atomic E-state index is 14.2. The number of halogens is 2. The molecule has 0 aliphatic heterocycles. The molecular weight excluding hydrogens is 642 g/mol. The molecule has 1 aliphatic carbocycles. The molecular formula is C31H35BrClN3O5S. The molecule has 4 rings (SSSR count). The SMILES string of the molecule is COc1ccc(Cl)cc1N(CC(=O)N(Cc1cccc(Br)c1)C(C)C(=O)NC1CCCC1)S(=O)(=O)c1ccc(C)cc1. The standard InChI is InChI=1S/C31H35BrClN3O5S/c1-21-11-14-27(15-12-21)42(39,40)36(28-18-25(33)13-16-29(28)41-3)20-30(37)35(19-23-7-6-8-24(32)17-23)22(2)31(38)34-26-9-4-5-10-26/h6-8,11-18,22,26H,4-5,9-10,19-20H2,1-3H3,(H,34,38). The molecule has 0 aromatic heterocycles. The van der Waals surface area contributed by atoms with Gasteiger partial charge in [-0.3, -0.25) is 13.9 Å². The van der Waals surface area contributed by atoms with Crippen molar-refractivity contribution in [3.8, 4) is 5.75 Å². The molecule has 2 amide bonds. The Morgan fingerprint density at radius 2 is 1.76 bits per heavy atom. The molecule has 3 aromatic carbocycles. The number of nitrogens with one attached hydrogen (secondary N) is 1. The Labute approximate surface area is 261 Å². The summed E-state index contributed by atoms with van der Waals surface area (Å²) in [6.45, 7) is 3.04. The number of hydrogen-bond acceptors (Lipinski definition) is 5. The number of methoxy groups -OCH3 is 1. The quantitative estimate of drug-likeness (QED) is 0.265. The predicted octanol–water partition coefficient (Wildman–Crippen LogP) is 6.09. The third-order valence-corrected chi connectivity index (χ3v) is 9.91. The molecule has 11 heteroatoms. The molecule has 0 spiro atoms. The number of aryl methyl sites for hydroxylation is 1. The van der Waals surface area contributed by atoms with Crippen molar-refractivity contribution in [3.63, 3.8) is 0 Å². The van der Waals surface area contributed by atoms with E-state index in [4.69, 9.17) is 16.3 Å². The lowest BCUT2D eigenvalue weighted by Gasteiger charge is -2.33. The van der Waals surface area contributed by atoms with Gasteiger partial charge in [0.05, 0.1) is 17.7 Å². The number of nitrogens with zero attached hydrogens (tertiary/aromatic N) is 2. The van der Waals surface area contributed by atoms with Crippen molar-refractivity contribution in [3.05, 3.63) is 87.4 Å². The van der Waals surface area contributed by atoms with E-state index < -0.39 is 28.5 Å². The maximum atomic E-state index is 14.2. The fraction of sp³-hybridized carbons (Fsp3) is 0.355. The van der Waals surface area contributed by atoms with Crippen LogP contribution < -0.4 is 14.4 Å². The molecule has 1 fully saturated rings. The molecule has 0 saturated heterocycles. The Morgan fingerprint density at radius 3 is 2.40 bits per heavy atom. The van der Waals surface area contributed by atoms with Crippen molar-refractivity contribution in [2.45, 2.75) is 63.1 Å². The van der Waals surface area contributed by atoms with Crippen molar-refractivity contribution >= 4 is 55.1 Å². The lowest BCUT2D eigenvalue weighted by Crippen LogP contribution is -2.52. The fourth-order valence-electron chi connectivity index (χ4n) is 5.02. The van der Waals surface area contributed by atoms with Crippen LogP contribution in [0.25, 0.3) is 0 Å². The number of carbonyl (C=O) groups is 2. The summed E-state index contributed by atoms with van der Waals surface area (Å²) >= 11 is 9.77. The summed E-state index contributed by atoms with van der Waals surface area (Å²) in [5.41, 5.74) is 1.79. The van der Waals surface area contributed by atoms with Gasteiger partial charge in [-0.05, 0) is 74.7 Å². The zero-order valence-corrected chi connectivity index (χ0v) is 27.0. The van der Waals surface area contributed by atoms with E-state index in [1.807, 2.05) is 31.2 Å². The first-order chi connectivity index (χ1) is 20.0. The molecule has 1 atom stereocenters. The molecule has 0 radical (unpaired) electrons. The smallest absolute Gasteiger partial charge is 0.264 e. The van der Waals surface area contributed by atoms with Crippen molar-refractivity contribution in [2.75, 3.05) is 18.0 Å². The predicted molar refractivity (Wildman–Crippen MR) is 168 cm³/mol. The Balaban J connectivity index is 1.74. The molecule has 0 heterocycles. The molecule has 42 heavy (non-hydrogen) atoms. The van der Waals surface area contributed by atoms with Gasteiger partial charge in [0, 0.05) is 22.1 Å². The summed E-state index contributed by atoms with van der Waals surface area (Å²) in [6.07, 6.45) is 3.89. The van der Waals surface area contributed by atoms with E-state index in [1.54, 1.807) is 31.2 Å². The normalized spacial score (nSPS) is 14.3. The van der Waals surface area contributed by atoms with Crippen LogP contribution in [0.2, 0.25) is 5.02 Å². The van der Waals surface area contributed by atoms with E-state index in [1.165, 1.54) is 30.2 Å². The fourth-order valence-corrected chi connectivity index (χ4v) is 7.04. The Kier molecular flexibility index (Phi) is 10.6. The molecule has 0 bridgehead atoms. The number of hydrogen-bond donors (Lipinski definition) is 1. The number of rotatable bonds is 11. The Hall–Kier alpha value is -3.08. The highest BCUT2D eigenvalue weighted by molar-refractivity contribution is 9.10. The number of anilines is 1. The second-order valence-electron chi connectivity index (χ2n) is 10.5. The number of amides is 2. The molecule has 1 saturated carbocycles. The van der Waals surface area contributed by atoms with E-state index in [0.29, 0.717) is 0 Å². The van der Waals surface area contributed by atoms with Gasteiger partial charge in [0.1, 0.15) is 18.3 Å². The summed E-state index contributed by atoms with van der Waals surface area (Å²) in [5.74, 6) is -0.603. The summed E-state index contributed by atoms with van der Waals surface area (Å²) in [5, 5.41) is 3.35. The van der Waals surface area contributed by atoms with E-state index >= 15 is 0 Å². The second-order valence-corrected chi connectivity index (χ2v) is 13.7. The average Bonchev–Trinajstić information content (AvgIpc) is 3.47. The number of benzene rings is 3. The highest BCUT2D eigenvalue weighted by Crippen LogP contribution is 2.35. The van der Waals surface area contributed by atoms with Gasteiger partial charge in [-0.2, -0.15) is 0 Å². The minimum atomic E-state index is -4.25. The van der Waals surface area contributed by atoms with Crippen LogP contribution in [0, 0.1) is 6.92 Å². The van der Waals surface area contributed by atoms with E-state index in [2.05, 4.69) is 21.2 Å². The molecule has 224 valence electrons. The maximum Gasteiger partial charge on any atom is 0.264 e. The molecule has 3 aromatic rings. The van der Waals surface area contributed by atoms with Crippen LogP contribution in [0.4, 0.5) is 5.69 Å². The van der Waals surface area contributed by atoms with Crippen LogP contribution in [0.5, 0.6) is 5.75 Å². The number of sulfonamides is 1. The summed E-state index contributed by atoms with van der Waals surface area (Å²) < 4.78 is 35.5. The van der Waals surface area contributed by atoms with Crippen molar-refractivity contribution in [1.82, 2.24) is 10.2 Å². The van der Waals surface area contributed by atoms with Crippen LogP contribution in [-0.2, 0) is 26.2 Å². The first-order valence-corrected chi connectivity index (χ1v) is 16.4. The third kappa shape index (κ3) is 7.65. The topological polar surface area (TPSA) is 96.0 Å². The summed E-state index contributed by atoms with van der Waals surface area (Å²) in [7, 11) is -2.84. The Morgan fingerprint density at radius 1 is 1.07 bits per heavy atom. The van der Waals surface area contributed by atoms with Gasteiger partial charge in [-0.25, -0.2) is 8.42 Å². The van der Waals surface area contributed by atoms with Crippen LogP contribution in [-0.4, -0.2) is 50.9 Å². The zero-order chi connectivity index (χ0) is 30.4. The minimum absolute atomic E-state index is 0.00786. The Bertz CT molecular complexity index is 1530. The van der Waals surface area contributed by atoms with Crippen molar-refractivity contribution in [2.24, 2.45) is 0 Å². The first-order valence-electron chi connectivity index (χ1n) is 13.8. The molecule has 1 aliphatic rings. The molecule has 1 unspecified atom stereocenters. The van der Waals surface area contributed by atoms with E-state index in [9.17, 15) is 18.0 Å². The van der Waals surface area contributed by atoms with Crippen molar-refractivity contribution in [1.29, 1.82) is 0 Å². The lowest BCUT2D eigenvalue weighted by atomic mass is 10.1. The monoisotopic (exact) mass is 675 g/mol. The highest BCUT2D eigenvalue weighted by atomic mass is 79.9. The first kappa shape index (κ1) is 31.8. The zero-order valence-electron chi connectivity index (χ0n) is 23.8. The second kappa shape index (κ2) is 13.9. The van der Waals surface area contributed by atoms with Gasteiger partial charge < -0.3 is 15.0 Å². The van der Waals surface area contributed by atoms with E-state index in [0.717, 1.165) is 45.6 Å². The number of ether oxygens (including phenoxy) is 1. The average molecular weight is 677 g/mol. The third-order valence-electron chi connectivity index (χ3n) is 7.41. The largest absolute Gasteiger partial charge is 0.495 e. The lowest BCUT2D eigenvalue weighted by molar-refractivity contribution is -0.139. The highest BCUT2D eigenvalue weighted by Gasteiger charge is 2.34. The van der Waals surface area contributed by atoms with Gasteiger partial charge in [0.25, 0.3) is 10.0 Å². The van der Waals surface area contributed by atoms with Gasteiger partial charge in [-0.1, -0.05) is 70.2 Å². The van der Waals surface area contributed by atoms with Crippen LogP contribution in [0.3, 0.4) is 0 Å². The van der Waals surface area contributed by atoms with Gasteiger partial charge in [0.2, 0.25) is 11.8 Å². The number of carbonyl (C=O) groups excluding carboxylic acids is 2. The minimum Gasteiger partial charge on any atom is -0.495 e. The molecule has 8 nitrogen and oxygen atoms in total. The van der Waals surface area contributed by atoms with Gasteiger partial charge in [-0.15, -0.1) is 0 Å². The van der Waals surface area contributed by atoms with Crippen molar-refractivity contribution < 1.29 is 22.7 Å². The van der Waals surface area contributed by atoms with Crippen LogP contribution in [0.1, 0.15) is 43.7 Å².